The van der Waals surface area contributed by atoms with E-state index < -0.39 is 0 Å². The van der Waals surface area contributed by atoms with E-state index in [4.69, 9.17) is 21.1 Å². The number of halogens is 3. The fourth-order valence-electron chi connectivity index (χ4n) is 3.57. The van der Waals surface area contributed by atoms with E-state index in [1.165, 1.54) is 11.8 Å². The Kier molecular flexibility index (Phi) is 8.86. The summed E-state index contributed by atoms with van der Waals surface area (Å²) in [5.41, 5.74) is 1.58. The summed E-state index contributed by atoms with van der Waals surface area (Å²) < 4.78 is 13.9. The minimum atomic E-state index is -0.341. The molecule has 11 heteroatoms. The van der Waals surface area contributed by atoms with Crippen LogP contribution in [0.15, 0.2) is 73.4 Å². The van der Waals surface area contributed by atoms with Crippen molar-refractivity contribution in [1.29, 1.82) is 0 Å². The van der Waals surface area contributed by atoms with Crippen molar-refractivity contribution in [2.24, 2.45) is 5.10 Å². The fraction of sp³-hybridized carbons (Fsp3) is 0.185. The molecule has 1 amide bonds. The third kappa shape index (κ3) is 6.43. The number of aromatic nitrogens is 2. The number of carbonyl (C=O) groups is 1. The van der Waals surface area contributed by atoms with Gasteiger partial charge in [0.25, 0.3) is 11.5 Å². The SMILES string of the molecule is COc1cc(C=Nn2c(C(C)C)nc3ccc(Br)cc3c2=O)c(Br)cc1OCC(=O)Nc1ccc(Cl)cc1. The van der Waals surface area contributed by atoms with Crippen LogP contribution in [0.2, 0.25) is 5.02 Å². The first-order valence-electron chi connectivity index (χ1n) is 11.5. The van der Waals surface area contributed by atoms with Crippen molar-refractivity contribution in [3.63, 3.8) is 0 Å². The van der Waals surface area contributed by atoms with E-state index in [0.29, 0.717) is 49.0 Å². The highest BCUT2D eigenvalue weighted by molar-refractivity contribution is 9.10. The molecule has 0 aliphatic heterocycles. The standard InChI is InChI=1S/C27H23Br2ClN4O4/c1-15(2)26-33-22-9-4-17(28)11-20(22)27(36)34(26)31-13-16-10-23(37-3)24(12-21(16)29)38-14-25(35)32-19-7-5-18(30)6-8-19/h4-13,15H,14H2,1-3H3,(H,32,35). The van der Waals surface area contributed by atoms with Gasteiger partial charge in [0.15, 0.2) is 18.1 Å². The van der Waals surface area contributed by atoms with E-state index >= 15 is 0 Å². The summed E-state index contributed by atoms with van der Waals surface area (Å²) in [6, 6.07) is 15.5. The number of rotatable bonds is 8. The van der Waals surface area contributed by atoms with Crippen LogP contribution in [0.5, 0.6) is 11.5 Å². The zero-order chi connectivity index (χ0) is 27.4. The number of hydrogen-bond acceptors (Lipinski definition) is 6. The van der Waals surface area contributed by atoms with E-state index in [-0.39, 0.29) is 24.0 Å². The summed E-state index contributed by atoms with van der Waals surface area (Å²) in [5, 5.41) is 8.24. The summed E-state index contributed by atoms with van der Waals surface area (Å²) in [6.45, 7) is 3.67. The van der Waals surface area contributed by atoms with Gasteiger partial charge in [0.05, 0.1) is 24.2 Å². The average Bonchev–Trinajstić information content (AvgIpc) is 2.89. The predicted octanol–water partition coefficient (Wildman–Crippen LogP) is 6.61. The van der Waals surface area contributed by atoms with E-state index in [1.54, 1.807) is 54.7 Å². The van der Waals surface area contributed by atoms with Gasteiger partial charge in [-0.25, -0.2) is 4.98 Å². The van der Waals surface area contributed by atoms with Crippen molar-refractivity contribution < 1.29 is 14.3 Å². The van der Waals surface area contributed by atoms with Crippen molar-refractivity contribution >= 4 is 72.2 Å². The second-order valence-corrected chi connectivity index (χ2v) is 10.7. The van der Waals surface area contributed by atoms with Crippen molar-refractivity contribution in [2.75, 3.05) is 19.0 Å². The molecule has 0 radical (unpaired) electrons. The second kappa shape index (κ2) is 12.1. The topological polar surface area (TPSA) is 94.8 Å². The second-order valence-electron chi connectivity index (χ2n) is 8.52. The van der Waals surface area contributed by atoms with E-state index in [1.807, 2.05) is 19.9 Å². The van der Waals surface area contributed by atoms with Gasteiger partial charge < -0.3 is 14.8 Å². The van der Waals surface area contributed by atoms with E-state index in [9.17, 15) is 9.59 Å². The summed E-state index contributed by atoms with van der Waals surface area (Å²) >= 11 is 12.8. The van der Waals surface area contributed by atoms with Gasteiger partial charge >= 0.3 is 0 Å². The zero-order valence-corrected chi connectivity index (χ0v) is 24.6. The zero-order valence-electron chi connectivity index (χ0n) is 20.7. The lowest BCUT2D eigenvalue weighted by Crippen LogP contribution is -2.23. The summed E-state index contributed by atoms with van der Waals surface area (Å²) in [6.07, 6.45) is 1.54. The molecular formula is C27H23Br2ClN4O4. The Morgan fingerprint density at radius 2 is 1.87 bits per heavy atom. The molecule has 0 unspecified atom stereocenters. The van der Waals surface area contributed by atoms with Crippen molar-refractivity contribution in [2.45, 2.75) is 19.8 Å². The molecule has 0 aliphatic rings. The third-order valence-corrected chi connectivity index (χ3v) is 6.86. The van der Waals surface area contributed by atoms with Gasteiger partial charge in [-0.05, 0) is 70.5 Å². The quantitative estimate of drug-likeness (QED) is 0.215. The average molecular weight is 663 g/mol. The number of anilines is 1. The van der Waals surface area contributed by atoms with Crippen LogP contribution < -0.4 is 20.3 Å². The largest absolute Gasteiger partial charge is 0.493 e. The molecule has 3 aromatic carbocycles. The number of ether oxygens (including phenoxy) is 2. The van der Waals surface area contributed by atoms with Crippen LogP contribution >= 0.6 is 43.5 Å². The van der Waals surface area contributed by atoms with Gasteiger partial charge in [0, 0.05) is 31.1 Å². The smallest absolute Gasteiger partial charge is 0.282 e. The monoisotopic (exact) mass is 660 g/mol. The first kappa shape index (κ1) is 27.8. The Morgan fingerprint density at radius 1 is 1.13 bits per heavy atom. The number of amides is 1. The lowest BCUT2D eigenvalue weighted by molar-refractivity contribution is -0.118. The molecule has 1 heterocycles. The maximum atomic E-state index is 13.3. The molecule has 0 spiro atoms. The van der Waals surface area contributed by atoms with Crippen molar-refractivity contribution in [3.8, 4) is 11.5 Å². The van der Waals surface area contributed by atoms with Crippen molar-refractivity contribution in [3.05, 3.63) is 90.3 Å². The van der Waals surface area contributed by atoms with Crippen LogP contribution in [0.4, 0.5) is 5.69 Å². The molecule has 8 nitrogen and oxygen atoms in total. The van der Waals surface area contributed by atoms with Gasteiger partial charge in [-0.3, -0.25) is 9.59 Å². The number of hydrogen-bond donors (Lipinski definition) is 1. The highest BCUT2D eigenvalue weighted by atomic mass is 79.9. The van der Waals surface area contributed by atoms with Gasteiger partial charge in [-0.1, -0.05) is 41.4 Å². The van der Waals surface area contributed by atoms with Gasteiger partial charge in [-0.15, -0.1) is 0 Å². The lowest BCUT2D eigenvalue weighted by atomic mass is 10.2. The highest BCUT2D eigenvalue weighted by Crippen LogP contribution is 2.33. The maximum absolute atomic E-state index is 13.3. The molecule has 1 aromatic heterocycles. The maximum Gasteiger partial charge on any atom is 0.282 e. The van der Waals surface area contributed by atoms with Crippen LogP contribution in [-0.2, 0) is 4.79 Å². The number of methoxy groups -OCH3 is 1. The summed E-state index contributed by atoms with van der Waals surface area (Å²) in [5.74, 6) is 0.912. The number of nitrogens with one attached hydrogen (secondary N) is 1. The molecular weight excluding hydrogens is 640 g/mol. The Morgan fingerprint density at radius 3 is 2.55 bits per heavy atom. The minimum Gasteiger partial charge on any atom is -0.493 e. The van der Waals surface area contributed by atoms with Gasteiger partial charge in [-0.2, -0.15) is 9.78 Å². The van der Waals surface area contributed by atoms with Crippen LogP contribution in [0, 0.1) is 0 Å². The molecule has 38 heavy (non-hydrogen) atoms. The Bertz CT molecular complexity index is 1590. The van der Waals surface area contributed by atoms with Crippen LogP contribution in [0.1, 0.15) is 31.2 Å². The summed E-state index contributed by atoms with van der Waals surface area (Å²) in [4.78, 5) is 30.3. The Labute approximate surface area is 240 Å². The van der Waals surface area contributed by atoms with Gasteiger partial charge in [0.1, 0.15) is 5.82 Å². The number of carbonyl (C=O) groups excluding carboxylic acids is 1. The van der Waals surface area contributed by atoms with Crippen LogP contribution in [0.25, 0.3) is 10.9 Å². The lowest BCUT2D eigenvalue weighted by Gasteiger charge is -2.14. The number of benzene rings is 3. The van der Waals surface area contributed by atoms with Crippen LogP contribution in [-0.4, -0.2) is 35.5 Å². The first-order chi connectivity index (χ1) is 18.2. The normalized spacial score (nSPS) is 11.3. The van der Waals surface area contributed by atoms with Crippen LogP contribution in [0.3, 0.4) is 0 Å². The molecule has 0 bridgehead atoms. The van der Waals surface area contributed by atoms with E-state index in [0.717, 1.165) is 4.47 Å². The molecule has 4 aromatic rings. The molecule has 4 rings (SSSR count). The van der Waals surface area contributed by atoms with Crippen molar-refractivity contribution in [1.82, 2.24) is 9.66 Å². The molecule has 0 saturated heterocycles. The molecule has 0 fully saturated rings. The fourth-order valence-corrected chi connectivity index (χ4v) is 4.48. The number of fused-ring (bicyclic) bond motifs is 1. The molecule has 0 atom stereocenters. The molecule has 196 valence electrons. The Balaban J connectivity index is 1.58. The van der Waals surface area contributed by atoms with E-state index in [2.05, 4.69) is 47.3 Å². The predicted molar refractivity (Wildman–Crippen MR) is 157 cm³/mol. The highest BCUT2D eigenvalue weighted by Gasteiger charge is 2.15. The molecule has 1 N–H and O–H groups in total. The first-order valence-corrected chi connectivity index (χ1v) is 13.4. The molecule has 0 aliphatic carbocycles. The summed E-state index contributed by atoms with van der Waals surface area (Å²) in [7, 11) is 1.50. The minimum absolute atomic E-state index is 0.0410. The number of nitrogens with zero attached hydrogens (tertiary/aromatic N) is 3. The third-order valence-electron chi connectivity index (χ3n) is 5.43. The molecule has 0 saturated carbocycles. The van der Waals surface area contributed by atoms with Gasteiger partial charge in [0.2, 0.25) is 0 Å². The Hall–Kier alpha value is -3.21.